The molecule has 0 unspecified atom stereocenters. The summed E-state index contributed by atoms with van der Waals surface area (Å²) in [5.74, 6) is -0.225. The van der Waals surface area contributed by atoms with Gasteiger partial charge in [-0.2, -0.15) is 5.10 Å². The van der Waals surface area contributed by atoms with E-state index in [4.69, 9.17) is 0 Å². The highest BCUT2D eigenvalue weighted by molar-refractivity contribution is 9.08. The average molecular weight is 269 g/mol. The Balaban J connectivity index is 2.52. The fraction of sp³-hybridized carbons (Fsp3) is 0.182. The van der Waals surface area contributed by atoms with E-state index in [1.165, 1.54) is 12.1 Å². The van der Waals surface area contributed by atoms with Crippen LogP contribution in [0.3, 0.4) is 0 Å². The molecule has 0 N–H and O–H groups in total. The van der Waals surface area contributed by atoms with E-state index < -0.39 is 0 Å². The van der Waals surface area contributed by atoms with Gasteiger partial charge in [0.2, 0.25) is 0 Å². The lowest BCUT2D eigenvalue weighted by Crippen LogP contribution is -1.99. The van der Waals surface area contributed by atoms with Crippen molar-refractivity contribution in [3.63, 3.8) is 0 Å². The Morgan fingerprint density at radius 2 is 2.20 bits per heavy atom. The summed E-state index contributed by atoms with van der Waals surface area (Å²) in [5, 5.41) is 4.90. The highest BCUT2D eigenvalue weighted by Crippen LogP contribution is 2.18. The Labute approximate surface area is 95.9 Å². The number of hydrogen-bond donors (Lipinski definition) is 0. The zero-order valence-electron chi connectivity index (χ0n) is 8.24. The molecule has 2 aromatic rings. The normalized spacial score (nSPS) is 10.6. The topological polar surface area (TPSA) is 17.8 Å². The first-order valence-corrected chi connectivity index (χ1v) is 5.70. The molecular formula is C11H10BrFN2. The first-order valence-electron chi connectivity index (χ1n) is 4.58. The fourth-order valence-corrected chi connectivity index (χ4v) is 1.88. The molecule has 2 nitrogen and oxygen atoms in total. The number of hydrogen-bond acceptors (Lipinski definition) is 1. The second kappa shape index (κ2) is 4.14. The molecule has 0 bridgehead atoms. The molecule has 0 spiro atoms. The van der Waals surface area contributed by atoms with Crippen molar-refractivity contribution in [2.45, 2.75) is 12.3 Å². The minimum atomic E-state index is -0.225. The first-order chi connectivity index (χ1) is 7.20. The molecule has 0 aliphatic heterocycles. The number of aromatic nitrogens is 2. The quantitative estimate of drug-likeness (QED) is 0.765. The Kier molecular flexibility index (Phi) is 2.86. The van der Waals surface area contributed by atoms with E-state index in [0.29, 0.717) is 5.33 Å². The molecule has 78 valence electrons. The second-order valence-corrected chi connectivity index (χ2v) is 3.87. The van der Waals surface area contributed by atoms with Crippen molar-refractivity contribution in [3.8, 4) is 5.69 Å². The van der Waals surface area contributed by atoms with Crippen LogP contribution in [0, 0.1) is 12.7 Å². The van der Waals surface area contributed by atoms with Gasteiger partial charge in [-0.15, -0.1) is 0 Å². The van der Waals surface area contributed by atoms with E-state index in [-0.39, 0.29) is 5.82 Å². The Morgan fingerprint density at radius 3 is 2.80 bits per heavy atom. The molecule has 15 heavy (non-hydrogen) atoms. The smallest absolute Gasteiger partial charge is 0.123 e. The van der Waals surface area contributed by atoms with Gasteiger partial charge in [0.15, 0.2) is 0 Å². The van der Waals surface area contributed by atoms with Gasteiger partial charge in [-0.1, -0.05) is 15.9 Å². The summed E-state index contributed by atoms with van der Waals surface area (Å²) in [6.45, 7) is 1.92. The van der Waals surface area contributed by atoms with Crippen LogP contribution in [-0.4, -0.2) is 9.78 Å². The summed E-state index contributed by atoms with van der Waals surface area (Å²) in [5.41, 5.74) is 2.74. The number of benzene rings is 1. The zero-order valence-corrected chi connectivity index (χ0v) is 9.83. The van der Waals surface area contributed by atoms with Crippen LogP contribution in [0.25, 0.3) is 5.69 Å². The molecule has 1 aromatic heterocycles. The number of rotatable bonds is 2. The van der Waals surface area contributed by atoms with Crippen LogP contribution in [0.2, 0.25) is 0 Å². The van der Waals surface area contributed by atoms with E-state index >= 15 is 0 Å². The highest BCUT2D eigenvalue weighted by atomic mass is 79.9. The maximum Gasteiger partial charge on any atom is 0.123 e. The predicted octanol–water partition coefficient (Wildman–Crippen LogP) is 3.21. The molecule has 2 rings (SSSR count). The van der Waals surface area contributed by atoms with Crippen LogP contribution in [0.4, 0.5) is 4.39 Å². The van der Waals surface area contributed by atoms with Gasteiger partial charge in [-0.3, -0.25) is 0 Å². The van der Waals surface area contributed by atoms with Crippen LogP contribution in [-0.2, 0) is 5.33 Å². The largest absolute Gasteiger partial charge is 0.240 e. The van der Waals surface area contributed by atoms with Gasteiger partial charge in [0.05, 0.1) is 11.4 Å². The third-order valence-electron chi connectivity index (χ3n) is 2.15. The third-order valence-corrected chi connectivity index (χ3v) is 2.76. The molecule has 0 amide bonds. The third kappa shape index (κ3) is 2.09. The molecule has 0 fully saturated rings. The average Bonchev–Trinajstić information content (AvgIpc) is 2.64. The van der Waals surface area contributed by atoms with Crippen molar-refractivity contribution in [1.29, 1.82) is 0 Å². The molecule has 0 saturated carbocycles. The fourth-order valence-electron chi connectivity index (χ4n) is 1.43. The van der Waals surface area contributed by atoms with Crippen molar-refractivity contribution in [2.24, 2.45) is 0 Å². The van der Waals surface area contributed by atoms with E-state index in [9.17, 15) is 4.39 Å². The molecular weight excluding hydrogens is 259 g/mol. The lowest BCUT2D eigenvalue weighted by molar-refractivity contribution is 0.625. The Hall–Kier alpha value is -1.16. The maximum absolute atomic E-state index is 13.0. The van der Waals surface area contributed by atoms with Crippen LogP contribution in [0.1, 0.15) is 11.3 Å². The van der Waals surface area contributed by atoms with Gasteiger partial charge in [-0.05, 0) is 36.8 Å². The minimum Gasteiger partial charge on any atom is -0.240 e. The van der Waals surface area contributed by atoms with Crippen molar-refractivity contribution in [3.05, 3.63) is 47.5 Å². The molecule has 4 heteroatoms. The van der Waals surface area contributed by atoms with Gasteiger partial charge in [0, 0.05) is 11.5 Å². The molecule has 0 saturated heterocycles. The van der Waals surface area contributed by atoms with Crippen molar-refractivity contribution >= 4 is 15.9 Å². The molecule has 0 atom stereocenters. The number of halogens is 2. The summed E-state index contributed by atoms with van der Waals surface area (Å²) in [7, 11) is 0. The molecule has 0 aliphatic carbocycles. The van der Waals surface area contributed by atoms with Gasteiger partial charge in [-0.25, -0.2) is 9.07 Å². The number of alkyl halides is 1. The van der Waals surface area contributed by atoms with E-state index in [2.05, 4.69) is 21.0 Å². The van der Waals surface area contributed by atoms with Crippen molar-refractivity contribution in [1.82, 2.24) is 9.78 Å². The van der Waals surface area contributed by atoms with Gasteiger partial charge < -0.3 is 0 Å². The molecule has 1 aromatic carbocycles. The molecule has 1 heterocycles. The summed E-state index contributed by atoms with van der Waals surface area (Å²) in [6.07, 6.45) is 1.87. The lowest BCUT2D eigenvalue weighted by atomic mass is 10.2. The van der Waals surface area contributed by atoms with E-state index in [1.807, 2.05) is 19.2 Å². The highest BCUT2D eigenvalue weighted by Gasteiger charge is 2.05. The lowest BCUT2D eigenvalue weighted by Gasteiger charge is -2.06. The predicted molar refractivity (Wildman–Crippen MR) is 60.9 cm³/mol. The van der Waals surface area contributed by atoms with Crippen LogP contribution in [0.5, 0.6) is 0 Å². The minimum absolute atomic E-state index is 0.225. The van der Waals surface area contributed by atoms with Crippen LogP contribution >= 0.6 is 15.9 Å². The van der Waals surface area contributed by atoms with Crippen LogP contribution < -0.4 is 0 Å². The van der Waals surface area contributed by atoms with Crippen LogP contribution in [0.15, 0.2) is 30.5 Å². The monoisotopic (exact) mass is 268 g/mol. The number of aryl methyl sites for hydroxylation is 1. The number of nitrogens with zero attached hydrogens (tertiary/aromatic N) is 2. The standard InChI is InChI=1S/C11H10BrFN2/c1-8-4-5-15(14-8)11-3-2-10(13)6-9(11)7-12/h2-6H,7H2,1H3. The second-order valence-electron chi connectivity index (χ2n) is 3.31. The Morgan fingerprint density at radius 1 is 1.40 bits per heavy atom. The summed E-state index contributed by atoms with van der Waals surface area (Å²) in [4.78, 5) is 0. The summed E-state index contributed by atoms with van der Waals surface area (Å²) < 4.78 is 14.8. The first kappa shape index (κ1) is 10.4. The zero-order chi connectivity index (χ0) is 10.8. The van der Waals surface area contributed by atoms with Gasteiger partial charge in [0.1, 0.15) is 5.82 Å². The summed E-state index contributed by atoms with van der Waals surface area (Å²) >= 11 is 3.34. The summed E-state index contributed by atoms with van der Waals surface area (Å²) in [6, 6.07) is 6.61. The van der Waals surface area contributed by atoms with Gasteiger partial charge in [0.25, 0.3) is 0 Å². The SMILES string of the molecule is Cc1ccn(-c2ccc(F)cc2CBr)n1. The van der Waals surface area contributed by atoms with Gasteiger partial charge >= 0.3 is 0 Å². The van der Waals surface area contributed by atoms with Crippen molar-refractivity contribution in [2.75, 3.05) is 0 Å². The maximum atomic E-state index is 13.0. The molecule has 0 radical (unpaired) electrons. The molecule has 0 aliphatic rings. The van der Waals surface area contributed by atoms with E-state index in [0.717, 1.165) is 16.9 Å². The van der Waals surface area contributed by atoms with Crippen molar-refractivity contribution < 1.29 is 4.39 Å². The van der Waals surface area contributed by atoms with E-state index in [1.54, 1.807) is 10.7 Å². The Bertz CT molecular complexity index is 479.